The minimum Gasteiger partial charge on any atom is -0.356 e. The fourth-order valence-corrected chi connectivity index (χ4v) is 4.71. The molecule has 4 N–H and O–H groups in total. The monoisotopic (exact) mass is 487 g/mol. The Morgan fingerprint density at radius 2 is 1.94 bits per heavy atom. The zero-order valence-electron chi connectivity index (χ0n) is 21.1. The van der Waals surface area contributed by atoms with E-state index in [-0.39, 0.29) is 25.8 Å². The largest absolute Gasteiger partial charge is 0.471 e. The summed E-state index contributed by atoms with van der Waals surface area (Å²) in [6.45, 7) is 3.07. The maximum atomic E-state index is 13.1. The lowest BCUT2D eigenvalue weighted by molar-refractivity contribution is -0.175. The Labute approximate surface area is 198 Å². The third-order valence-corrected chi connectivity index (χ3v) is 6.77. The van der Waals surface area contributed by atoms with Gasteiger partial charge in [-0.05, 0) is 36.5 Å². The minimum absolute atomic E-state index is 0.0568. The number of nitrogens with one attached hydrogen (secondary N) is 4. The van der Waals surface area contributed by atoms with Crippen molar-refractivity contribution in [2.75, 3.05) is 13.0 Å². The molecule has 0 aromatic heterocycles. The van der Waals surface area contributed by atoms with Crippen LogP contribution in [0.1, 0.15) is 49.2 Å². The molecule has 0 aromatic rings. The number of hydrogen-bond donors (Lipinski definition) is 4. The molecule has 6 atom stereocenters. The van der Waals surface area contributed by atoms with Gasteiger partial charge in [-0.15, -0.1) is 0 Å². The second-order valence-corrected chi connectivity index (χ2v) is 10.4. The second kappa shape index (κ2) is 9.17. The van der Waals surface area contributed by atoms with Crippen LogP contribution in [-0.2, 0) is 19.2 Å². The van der Waals surface area contributed by atoms with E-state index in [1.807, 2.05) is 11.4 Å². The van der Waals surface area contributed by atoms with Gasteiger partial charge in [-0.2, -0.15) is 18.4 Å². The first-order chi connectivity index (χ1) is 16.4. The molecule has 12 heteroatoms. The van der Waals surface area contributed by atoms with Crippen LogP contribution in [-0.4, -0.2) is 60.8 Å². The van der Waals surface area contributed by atoms with Crippen LogP contribution in [0.15, 0.2) is 0 Å². The summed E-state index contributed by atoms with van der Waals surface area (Å²) in [6, 6.07) is -1.23. The van der Waals surface area contributed by atoms with Crippen LogP contribution in [0.5, 0.6) is 0 Å². The summed E-state index contributed by atoms with van der Waals surface area (Å²) in [7, 11) is 0. The van der Waals surface area contributed by atoms with E-state index in [9.17, 15) is 37.6 Å². The van der Waals surface area contributed by atoms with Crippen molar-refractivity contribution in [1.82, 2.24) is 21.3 Å². The van der Waals surface area contributed by atoms with Gasteiger partial charge in [0.25, 0.3) is 0 Å². The van der Waals surface area contributed by atoms with E-state index in [1.165, 1.54) is 0 Å². The zero-order chi connectivity index (χ0) is 27.3. The Balaban J connectivity index is 1.59. The first-order valence-corrected chi connectivity index (χ1v) is 11.1. The van der Waals surface area contributed by atoms with Gasteiger partial charge in [0.1, 0.15) is 6.04 Å². The molecule has 0 bridgehead atoms. The van der Waals surface area contributed by atoms with Crippen molar-refractivity contribution in [2.45, 2.75) is 70.8 Å². The van der Waals surface area contributed by atoms with Crippen molar-refractivity contribution in [3.63, 3.8) is 0 Å². The summed E-state index contributed by atoms with van der Waals surface area (Å²) in [6.07, 6.45) is -4.71. The van der Waals surface area contributed by atoms with Gasteiger partial charge >= 0.3 is 12.1 Å². The smallest absolute Gasteiger partial charge is 0.356 e. The standard InChI is InChI=1S/C22H30F3N5O4/c1-20(2,3)16(30-19(34)22(23,24)25)15(31)13-7-21(13)8-14(28-10-21)18(33)29-12(9-26)6-11-4-5-27-17(11)32/h11-14,16,28H,4-8,10H2,1-3H3,(H,27,32)(H,29,33)(H,30,34)/t11-,12-,13+,14?,16+,21?/m0/s1/i5D2. The van der Waals surface area contributed by atoms with E-state index in [1.54, 1.807) is 20.8 Å². The molecular formula is C22H30F3N5O4. The van der Waals surface area contributed by atoms with Crippen molar-refractivity contribution >= 4 is 23.5 Å². The first kappa shape index (κ1) is 23.1. The highest BCUT2D eigenvalue weighted by molar-refractivity contribution is 5.95. The Bertz CT molecular complexity index is 994. The molecule has 188 valence electrons. The average Bonchev–Trinajstić information content (AvgIpc) is 3.14. The van der Waals surface area contributed by atoms with Crippen LogP contribution in [0.2, 0.25) is 0 Å². The SMILES string of the molecule is [2H]C1([2H])C[C@@H](C[C@@H](C#N)NC(=O)C2CC3(CN2)C[C@@H]3C(=O)[C@@H](NC(=O)C(F)(F)F)C(C)(C)C)C(=O)N1. The molecule has 2 unspecified atom stereocenters. The molecule has 2 heterocycles. The average molecular weight is 488 g/mol. The fourth-order valence-electron chi connectivity index (χ4n) is 4.71. The number of alkyl halides is 3. The molecule has 2 saturated heterocycles. The Kier molecular flexibility index (Phi) is 6.22. The number of ketones is 1. The molecular weight excluding hydrogens is 455 g/mol. The molecule has 34 heavy (non-hydrogen) atoms. The summed E-state index contributed by atoms with van der Waals surface area (Å²) in [5.74, 6) is -5.14. The molecule has 0 radical (unpaired) electrons. The van der Waals surface area contributed by atoms with E-state index in [0.29, 0.717) is 6.42 Å². The van der Waals surface area contributed by atoms with E-state index >= 15 is 0 Å². The topological polar surface area (TPSA) is 140 Å². The quantitative estimate of drug-likeness (QED) is 0.414. The van der Waals surface area contributed by atoms with E-state index < -0.39 is 77.0 Å². The number of carbonyl (C=O) groups excluding carboxylic acids is 4. The number of rotatable bonds is 7. The molecule has 3 aliphatic rings. The summed E-state index contributed by atoms with van der Waals surface area (Å²) in [4.78, 5) is 49.3. The van der Waals surface area contributed by atoms with Gasteiger partial charge in [-0.25, -0.2) is 0 Å². The summed E-state index contributed by atoms with van der Waals surface area (Å²) >= 11 is 0. The molecule has 0 aromatic carbocycles. The number of amides is 3. The lowest BCUT2D eigenvalue weighted by atomic mass is 9.81. The van der Waals surface area contributed by atoms with E-state index in [4.69, 9.17) is 2.74 Å². The summed E-state index contributed by atoms with van der Waals surface area (Å²) < 4.78 is 53.6. The Morgan fingerprint density at radius 3 is 2.47 bits per heavy atom. The van der Waals surface area contributed by atoms with Crippen molar-refractivity contribution in [3.8, 4) is 6.07 Å². The van der Waals surface area contributed by atoms with Gasteiger partial charge < -0.3 is 21.3 Å². The number of nitrogens with zero attached hydrogens (tertiary/aromatic N) is 1. The predicted octanol–water partition coefficient (Wildman–Crippen LogP) is 0.551. The number of hydrogen-bond acceptors (Lipinski definition) is 6. The molecule has 1 saturated carbocycles. The highest BCUT2D eigenvalue weighted by atomic mass is 19.4. The summed E-state index contributed by atoms with van der Waals surface area (Å²) in [5, 5.41) is 19.0. The third-order valence-electron chi connectivity index (χ3n) is 6.77. The molecule has 2 aliphatic heterocycles. The van der Waals surface area contributed by atoms with Crippen LogP contribution in [0.25, 0.3) is 0 Å². The normalized spacial score (nSPS) is 32.6. The maximum absolute atomic E-state index is 13.1. The molecule has 9 nitrogen and oxygen atoms in total. The van der Waals surface area contributed by atoms with Gasteiger partial charge in [0.15, 0.2) is 5.78 Å². The van der Waals surface area contributed by atoms with Crippen LogP contribution < -0.4 is 21.3 Å². The zero-order valence-corrected chi connectivity index (χ0v) is 19.1. The Morgan fingerprint density at radius 1 is 1.26 bits per heavy atom. The van der Waals surface area contributed by atoms with Crippen LogP contribution in [0, 0.1) is 34.0 Å². The van der Waals surface area contributed by atoms with Crippen molar-refractivity contribution < 1.29 is 35.1 Å². The van der Waals surface area contributed by atoms with Crippen molar-refractivity contribution in [1.29, 1.82) is 5.26 Å². The maximum Gasteiger partial charge on any atom is 0.471 e. The third kappa shape index (κ3) is 5.51. The molecule has 3 amide bonds. The molecule has 3 rings (SSSR count). The lowest BCUT2D eigenvalue weighted by Crippen LogP contribution is -2.53. The summed E-state index contributed by atoms with van der Waals surface area (Å²) in [5.41, 5.74) is -1.60. The lowest BCUT2D eigenvalue weighted by Gasteiger charge is -2.31. The number of nitriles is 1. The first-order valence-electron chi connectivity index (χ1n) is 12.1. The van der Waals surface area contributed by atoms with Crippen molar-refractivity contribution in [2.24, 2.45) is 22.7 Å². The van der Waals surface area contributed by atoms with Gasteiger partial charge in [0, 0.05) is 27.6 Å². The van der Waals surface area contributed by atoms with Crippen molar-refractivity contribution in [3.05, 3.63) is 0 Å². The number of halogens is 3. The Hall–Kier alpha value is -2.68. The van der Waals surface area contributed by atoms with Crippen LogP contribution in [0.4, 0.5) is 13.2 Å². The van der Waals surface area contributed by atoms with Gasteiger partial charge in [0.05, 0.1) is 18.2 Å². The molecule has 1 aliphatic carbocycles. The van der Waals surface area contributed by atoms with E-state index in [0.717, 1.165) is 0 Å². The minimum atomic E-state index is -5.12. The van der Waals surface area contributed by atoms with Gasteiger partial charge in [-0.1, -0.05) is 20.8 Å². The van der Waals surface area contributed by atoms with E-state index in [2.05, 4.69) is 16.0 Å². The molecule has 3 fully saturated rings. The predicted molar refractivity (Wildman–Crippen MR) is 113 cm³/mol. The highest BCUT2D eigenvalue weighted by Gasteiger charge is 2.63. The highest BCUT2D eigenvalue weighted by Crippen LogP contribution is 2.59. The molecule has 1 spiro atoms. The van der Waals surface area contributed by atoms with Gasteiger partial charge in [-0.3, -0.25) is 19.2 Å². The van der Waals surface area contributed by atoms with Crippen LogP contribution in [0.3, 0.4) is 0 Å². The fraction of sp³-hybridized carbons (Fsp3) is 0.773. The van der Waals surface area contributed by atoms with Crippen LogP contribution >= 0.6 is 0 Å². The number of carbonyl (C=O) groups is 4. The van der Waals surface area contributed by atoms with Gasteiger partial charge in [0.2, 0.25) is 11.8 Å². The number of Topliss-reactive ketones (excluding diaryl/α,β-unsaturated/α-hetero) is 1. The second-order valence-electron chi connectivity index (χ2n) is 10.4.